The molecule has 16 heavy (non-hydrogen) atoms. The molecule has 0 aromatic carbocycles. The van der Waals surface area contributed by atoms with Crippen molar-refractivity contribution in [3.05, 3.63) is 24.2 Å². The lowest BCUT2D eigenvalue weighted by Crippen LogP contribution is -2.39. The Kier molecular flexibility index (Phi) is 4.52. The first-order valence-corrected chi connectivity index (χ1v) is 6.71. The van der Waals surface area contributed by atoms with Gasteiger partial charge in [-0.05, 0) is 33.0 Å². The lowest BCUT2D eigenvalue weighted by Gasteiger charge is -2.16. The minimum absolute atomic E-state index is 0.348. The number of hydrogen-bond acceptors (Lipinski definition) is 4. The van der Waals surface area contributed by atoms with Crippen LogP contribution in [0.1, 0.15) is 25.6 Å². The normalized spacial score (nSPS) is 15.9. The quantitative estimate of drug-likeness (QED) is 0.781. The second-order valence-electron chi connectivity index (χ2n) is 3.77. The van der Waals surface area contributed by atoms with Crippen LogP contribution in [-0.4, -0.2) is 27.3 Å². The lowest BCUT2D eigenvalue weighted by molar-refractivity contribution is 0.457. The standard InChI is InChI=1S/C10H18N2O3S/c1-8(7-11-3)16(13,14)12-9(2)10-5-4-6-15-10/h4-6,8-9,11-12H,7H2,1-3H3. The molecular formula is C10H18N2O3S. The molecule has 0 bridgehead atoms. The van der Waals surface area contributed by atoms with Crippen molar-refractivity contribution in [1.29, 1.82) is 0 Å². The molecule has 1 aromatic heterocycles. The average Bonchev–Trinajstić information content (AvgIpc) is 2.70. The van der Waals surface area contributed by atoms with E-state index < -0.39 is 15.3 Å². The van der Waals surface area contributed by atoms with Crippen LogP contribution in [0.25, 0.3) is 0 Å². The highest BCUT2D eigenvalue weighted by atomic mass is 32.2. The maximum absolute atomic E-state index is 11.8. The van der Waals surface area contributed by atoms with Crippen LogP contribution in [-0.2, 0) is 10.0 Å². The van der Waals surface area contributed by atoms with Crippen molar-refractivity contribution in [3.63, 3.8) is 0 Å². The highest BCUT2D eigenvalue weighted by Crippen LogP contribution is 2.14. The minimum atomic E-state index is -3.32. The number of rotatable bonds is 6. The Labute approximate surface area is 96.3 Å². The van der Waals surface area contributed by atoms with Crippen LogP contribution in [0.2, 0.25) is 0 Å². The molecule has 0 spiro atoms. The van der Waals surface area contributed by atoms with Crippen molar-refractivity contribution in [2.75, 3.05) is 13.6 Å². The fraction of sp³-hybridized carbons (Fsp3) is 0.600. The van der Waals surface area contributed by atoms with Gasteiger partial charge >= 0.3 is 0 Å². The van der Waals surface area contributed by atoms with Gasteiger partial charge in [-0.3, -0.25) is 0 Å². The van der Waals surface area contributed by atoms with E-state index in [4.69, 9.17) is 4.42 Å². The third-order valence-corrected chi connectivity index (χ3v) is 4.24. The molecule has 0 saturated heterocycles. The summed E-state index contributed by atoms with van der Waals surface area (Å²) in [6.07, 6.45) is 1.52. The summed E-state index contributed by atoms with van der Waals surface area (Å²) in [5.41, 5.74) is 0. The Balaban J connectivity index is 2.66. The summed E-state index contributed by atoms with van der Waals surface area (Å²) in [6, 6.07) is 3.13. The van der Waals surface area contributed by atoms with Crippen molar-refractivity contribution < 1.29 is 12.8 Å². The van der Waals surface area contributed by atoms with E-state index in [2.05, 4.69) is 10.0 Å². The van der Waals surface area contributed by atoms with Crippen LogP contribution in [0.3, 0.4) is 0 Å². The number of furan rings is 1. The van der Waals surface area contributed by atoms with Crippen LogP contribution in [0, 0.1) is 0 Å². The van der Waals surface area contributed by atoms with Crippen LogP contribution < -0.4 is 10.0 Å². The first-order valence-electron chi connectivity index (χ1n) is 5.16. The SMILES string of the molecule is CNCC(C)S(=O)(=O)NC(C)c1ccco1. The van der Waals surface area contributed by atoms with Gasteiger partial charge in [-0.2, -0.15) is 0 Å². The summed E-state index contributed by atoms with van der Waals surface area (Å²) < 4.78 is 31.4. The van der Waals surface area contributed by atoms with Gasteiger partial charge in [-0.25, -0.2) is 13.1 Å². The van der Waals surface area contributed by atoms with Gasteiger partial charge in [0.05, 0.1) is 17.6 Å². The fourth-order valence-corrected chi connectivity index (χ4v) is 2.58. The molecule has 0 amide bonds. The lowest BCUT2D eigenvalue weighted by atomic mass is 10.3. The summed E-state index contributed by atoms with van der Waals surface area (Å²) >= 11 is 0. The van der Waals surface area contributed by atoms with Crippen molar-refractivity contribution in [2.24, 2.45) is 0 Å². The van der Waals surface area contributed by atoms with Crippen LogP contribution >= 0.6 is 0 Å². The molecule has 1 heterocycles. The second-order valence-corrected chi connectivity index (χ2v) is 5.90. The minimum Gasteiger partial charge on any atom is -0.468 e. The van der Waals surface area contributed by atoms with Gasteiger partial charge in [0.25, 0.3) is 0 Å². The summed E-state index contributed by atoms with van der Waals surface area (Å²) in [5, 5.41) is 2.36. The zero-order valence-electron chi connectivity index (χ0n) is 9.73. The second kappa shape index (κ2) is 5.47. The fourth-order valence-electron chi connectivity index (χ4n) is 1.36. The van der Waals surface area contributed by atoms with Crippen molar-refractivity contribution in [2.45, 2.75) is 25.1 Å². The largest absolute Gasteiger partial charge is 0.468 e. The van der Waals surface area contributed by atoms with Crippen molar-refractivity contribution >= 4 is 10.0 Å². The number of nitrogens with one attached hydrogen (secondary N) is 2. The van der Waals surface area contributed by atoms with E-state index in [1.54, 1.807) is 33.0 Å². The van der Waals surface area contributed by atoms with Crippen LogP contribution in [0.15, 0.2) is 22.8 Å². The van der Waals surface area contributed by atoms with Gasteiger partial charge in [-0.1, -0.05) is 0 Å². The van der Waals surface area contributed by atoms with E-state index in [1.807, 2.05) is 0 Å². The third kappa shape index (κ3) is 3.33. The summed E-state index contributed by atoms with van der Waals surface area (Å²) in [6.45, 7) is 3.83. The maximum Gasteiger partial charge on any atom is 0.216 e. The zero-order valence-corrected chi connectivity index (χ0v) is 10.5. The van der Waals surface area contributed by atoms with E-state index in [0.717, 1.165) is 0 Å². The van der Waals surface area contributed by atoms with Gasteiger partial charge < -0.3 is 9.73 Å². The first-order chi connectivity index (χ1) is 7.47. The Morgan fingerprint density at radius 2 is 2.12 bits per heavy atom. The van der Waals surface area contributed by atoms with Gasteiger partial charge in [0.2, 0.25) is 10.0 Å². The average molecular weight is 246 g/mol. The maximum atomic E-state index is 11.8. The molecule has 2 N–H and O–H groups in total. The predicted molar refractivity (Wildman–Crippen MR) is 62.6 cm³/mol. The van der Waals surface area contributed by atoms with Gasteiger partial charge in [-0.15, -0.1) is 0 Å². The molecule has 0 saturated carbocycles. The summed E-state index contributed by atoms with van der Waals surface area (Å²) in [5.74, 6) is 0.611. The smallest absolute Gasteiger partial charge is 0.216 e. The summed E-state index contributed by atoms with van der Waals surface area (Å²) in [7, 11) is -1.60. The molecule has 5 nitrogen and oxygen atoms in total. The van der Waals surface area contributed by atoms with E-state index in [9.17, 15) is 8.42 Å². The number of sulfonamides is 1. The molecule has 0 fully saturated rings. The highest BCUT2D eigenvalue weighted by Gasteiger charge is 2.23. The van der Waals surface area contributed by atoms with E-state index >= 15 is 0 Å². The molecule has 1 aromatic rings. The monoisotopic (exact) mass is 246 g/mol. The van der Waals surface area contributed by atoms with Crippen molar-refractivity contribution in [3.8, 4) is 0 Å². The van der Waals surface area contributed by atoms with E-state index in [0.29, 0.717) is 12.3 Å². The highest BCUT2D eigenvalue weighted by molar-refractivity contribution is 7.90. The molecule has 0 aliphatic rings. The zero-order chi connectivity index (χ0) is 12.2. The predicted octanol–water partition coefficient (Wildman–Crippen LogP) is 0.868. The van der Waals surface area contributed by atoms with E-state index in [-0.39, 0.29) is 6.04 Å². The third-order valence-electron chi connectivity index (χ3n) is 2.33. The molecule has 0 aliphatic heterocycles. The molecule has 2 unspecified atom stereocenters. The Bertz CT molecular complexity index is 400. The van der Waals surface area contributed by atoms with Gasteiger partial charge in [0.15, 0.2) is 0 Å². The molecular weight excluding hydrogens is 228 g/mol. The molecule has 6 heteroatoms. The molecule has 1 rings (SSSR count). The van der Waals surface area contributed by atoms with Crippen molar-refractivity contribution in [1.82, 2.24) is 10.0 Å². The molecule has 0 radical (unpaired) electrons. The molecule has 92 valence electrons. The van der Waals surface area contributed by atoms with Crippen LogP contribution in [0.5, 0.6) is 0 Å². The first kappa shape index (κ1) is 13.2. The Morgan fingerprint density at radius 3 is 2.62 bits per heavy atom. The Hall–Kier alpha value is -0.850. The Morgan fingerprint density at radius 1 is 1.44 bits per heavy atom. The van der Waals surface area contributed by atoms with E-state index in [1.165, 1.54) is 6.26 Å². The van der Waals surface area contributed by atoms with Gasteiger partial charge in [0.1, 0.15) is 5.76 Å². The van der Waals surface area contributed by atoms with Gasteiger partial charge in [0, 0.05) is 6.54 Å². The number of hydrogen-bond donors (Lipinski definition) is 2. The van der Waals surface area contributed by atoms with Crippen LogP contribution in [0.4, 0.5) is 0 Å². The summed E-state index contributed by atoms with van der Waals surface area (Å²) in [4.78, 5) is 0. The molecule has 2 atom stereocenters. The topological polar surface area (TPSA) is 71.3 Å². The molecule has 0 aliphatic carbocycles.